The predicted molar refractivity (Wildman–Crippen MR) is 49.8 cm³/mol. The molecule has 76 valence electrons. The van der Waals surface area contributed by atoms with Gasteiger partial charge in [-0.25, -0.2) is 9.59 Å². The van der Waals surface area contributed by atoms with Crippen LogP contribution in [-0.2, 0) is 9.59 Å². The van der Waals surface area contributed by atoms with Crippen LogP contribution >= 0.6 is 0 Å². The molecule has 1 saturated carbocycles. The molecule has 4 nitrogen and oxygen atoms in total. The summed E-state index contributed by atoms with van der Waals surface area (Å²) in [6.07, 6.45) is 6.33. The van der Waals surface area contributed by atoms with Crippen molar-refractivity contribution in [1.82, 2.24) is 0 Å². The minimum Gasteiger partial charge on any atom is -0.478 e. The van der Waals surface area contributed by atoms with Gasteiger partial charge in [-0.2, -0.15) is 0 Å². The summed E-state index contributed by atoms with van der Waals surface area (Å²) in [5.41, 5.74) is 0.815. The van der Waals surface area contributed by atoms with E-state index in [0.29, 0.717) is 0 Å². The van der Waals surface area contributed by atoms with Crippen LogP contribution in [0, 0.1) is 5.92 Å². The van der Waals surface area contributed by atoms with Gasteiger partial charge in [-0.3, -0.25) is 0 Å². The number of carboxylic acid groups (broad SMARTS) is 2. The van der Waals surface area contributed by atoms with Crippen LogP contribution in [-0.4, -0.2) is 22.2 Å². The van der Waals surface area contributed by atoms with Crippen LogP contribution in [0.3, 0.4) is 0 Å². The summed E-state index contributed by atoms with van der Waals surface area (Å²) in [6, 6.07) is 0. The Morgan fingerprint density at radius 2 is 2.00 bits per heavy atom. The molecule has 14 heavy (non-hydrogen) atoms. The highest BCUT2D eigenvalue weighted by atomic mass is 16.4. The monoisotopic (exact) mass is 196 g/mol. The Bertz CT molecular complexity index is 301. The van der Waals surface area contributed by atoms with Crippen LogP contribution in [0.1, 0.15) is 19.3 Å². The lowest BCUT2D eigenvalue weighted by Crippen LogP contribution is -1.98. The summed E-state index contributed by atoms with van der Waals surface area (Å²) in [5.74, 6) is -1.97. The van der Waals surface area contributed by atoms with Crippen molar-refractivity contribution >= 4 is 11.9 Å². The number of allylic oxidation sites excluding steroid dienone is 2. The van der Waals surface area contributed by atoms with Crippen LogP contribution in [0.4, 0.5) is 0 Å². The topological polar surface area (TPSA) is 74.6 Å². The summed E-state index contributed by atoms with van der Waals surface area (Å²) in [6.45, 7) is 0. The Kier molecular flexibility index (Phi) is 3.45. The highest BCUT2D eigenvalue weighted by Gasteiger charge is 2.19. The fraction of sp³-hybridized carbons (Fsp3) is 0.400. The van der Waals surface area contributed by atoms with Gasteiger partial charge < -0.3 is 10.2 Å². The zero-order valence-corrected chi connectivity index (χ0v) is 7.64. The second-order valence-corrected chi connectivity index (χ2v) is 3.25. The molecule has 0 heterocycles. The number of carbonyl (C=O) groups is 2. The van der Waals surface area contributed by atoms with E-state index in [9.17, 15) is 9.59 Å². The van der Waals surface area contributed by atoms with Crippen LogP contribution in [0.15, 0.2) is 23.8 Å². The molecule has 1 rings (SSSR count). The van der Waals surface area contributed by atoms with Gasteiger partial charge >= 0.3 is 11.9 Å². The lowest BCUT2D eigenvalue weighted by Gasteiger charge is -2.03. The van der Waals surface area contributed by atoms with Crippen molar-refractivity contribution in [2.45, 2.75) is 19.3 Å². The first-order valence-corrected chi connectivity index (χ1v) is 4.44. The number of hydrogen-bond donors (Lipinski definition) is 2. The van der Waals surface area contributed by atoms with Crippen molar-refractivity contribution in [1.29, 1.82) is 0 Å². The predicted octanol–water partition coefficient (Wildman–Crippen LogP) is 1.44. The zero-order chi connectivity index (χ0) is 10.6. The maximum Gasteiger partial charge on any atom is 0.328 e. The van der Waals surface area contributed by atoms with E-state index in [1.165, 1.54) is 6.08 Å². The fourth-order valence-electron chi connectivity index (χ4n) is 1.65. The van der Waals surface area contributed by atoms with Crippen LogP contribution in [0.2, 0.25) is 0 Å². The van der Waals surface area contributed by atoms with E-state index in [1.807, 2.05) is 0 Å². The van der Waals surface area contributed by atoms with Gasteiger partial charge in [0.05, 0.1) is 0 Å². The van der Waals surface area contributed by atoms with Crippen LogP contribution < -0.4 is 0 Å². The average Bonchev–Trinajstić information content (AvgIpc) is 2.47. The molecule has 1 atom stereocenters. The van der Waals surface area contributed by atoms with Gasteiger partial charge in [0.15, 0.2) is 0 Å². The second kappa shape index (κ2) is 4.60. The van der Waals surface area contributed by atoms with Crippen LogP contribution in [0.25, 0.3) is 0 Å². The summed E-state index contributed by atoms with van der Waals surface area (Å²) in [4.78, 5) is 20.7. The van der Waals surface area contributed by atoms with Crippen molar-refractivity contribution in [3.8, 4) is 0 Å². The van der Waals surface area contributed by atoms with E-state index in [4.69, 9.17) is 10.2 Å². The number of aliphatic carboxylic acids is 2. The zero-order valence-electron chi connectivity index (χ0n) is 7.64. The molecule has 1 fully saturated rings. The molecule has 0 bridgehead atoms. The first kappa shape index (κ1) is 10.5. The molecule has 1 aliphatic rings. The van der Waals surface area contributed by atoms with Gasteiger partial charge in [0.2, 0.25) is 0 Å². The molecular weight excluding hydrogens is 184 g/mol. The van der Waals surface area contributed by atoms with E-state index in [0.717, 1.165) is 30.9 Å². The Morgan fingerprint density at radius 3 is 2.57 bits per heavy atom. The third-order valence-electron chi connectivity index (χ3n) is 2.24. The minimum atomic E-state index is -0.994. The lowest BCUT2D eigenvalue weighted by atomic mass is 10.0. The van der Waals surface area contributed by atoms with E-state index >= 15 is 0 Å². The van der Waals surface area contributed by atoms with Gasteiger partial charge in [0.25, 0.3) is 0 Å². The molecule has 2 N–H and O–H groups in total. The number of carboxylic acids is 2. The maximum atomic E-state index is 10.4. The van der Waals surface area contributed by atoms with Gasteiger partial charge in [0.1, 0.15) is 0 Å². The molecule has 0 aromatic heterocycles. The molecular formula is C10H12O4. The van der Waals surface area contributed by atoms with Crippen molar-refractivity contribution in [3.63, 3.8) is 0 Å². The van der Waals surface area contributed by atoms with E-state index in [2.05, 4.69) is 0 Å². The lowest BCUT2D eigenvalue weighted by molar-refractivity contribution is -0.132. The molecule has 1 unspecified atom stereocenters. The number of hydrogen-bond acceptors (Lipinski definition) is 2. The summed E-state index contributed by atoms with van der Waals surface area (Å²) in [5, 5.41) is 17.0. The highest BCUT2D eigenvalue weighted by molar-refractivity contribution is 5.81. The average molecular weight is 196 g/mol. The van der Waals surface area contributed by atoms with E-state index < -0.39 is 11.9 Å². The quantitative estimate of drug-likeness (QED) is 0.670. The maximum absolute atomic E-state index is 10.4. The molecule has 0 saturated heterocycles. The Hall–Kier alpha value is -1.58. The first-order valence-electron chi connectivity index (χ1n) is 4.44. The van der Waals surface area contributed by atoms with Crippen molar-refractivity contribution in [2.24, 2.45) is 5.92 Å². The Balaban J connectivity index is 2.69. The molecule has 0 amide bonds. The summed E-state index contributed by atoms with van der Waals surface area (Å²) < 4.78 is 0. The van der Waals surface area contributed by atoms with Gasteiger partial charge in [-0.05, 0) is 25.2 Å². The minimum absolute atomic E-state index is 0.0119. The van der Waals surface area contributed by atoms with Crippen molar-refractivity contribution in [2.75, 3.05) is 0 Å². The third-order valence-corrected chi connectivity index (χ3v) is 2.24. The van der Waals surface area contributed by atoms with Gasteiger partial charge in [0, 0.05) is 12.2 Å². The standard InChI is InChI=1S/C10H12O4/c11-9(12)5-4-7-2-1-3-8(7)6-10(13)14/h4-7H,1-3H2,(H,11,12)(H,13,14)/b5-4+,8-6+. The molecule has 1 aliphatic carbocycles. The summed E-state index contributed by atoms with van der Waals surface area (Å²) in [7, 11) is 0. The molecule has 0 aromatic carbocycles. The fourth-order valence-corrected chi connectivity index (χ4v) is 1.65. The number of rotatable bonds is 3. The van der Waals surface area contributed by atoms with Crippen LogP contribution in [0.5, 0.6) is 0 Å². The SMILES string of the molecule is O=C(O)/C=C/C1CCC/C1=C\C(=O)O. The smallest absolute Gasteiger partial charge is 0.328 e. The van der Waals surface area contributed by atoms with Crippen molar-refractivity contribution < 1.29 is 19.8 Å². The Labute approximate surface area is 81.6 Å². The molecule has 0 radical (unpaired) electrons. The first-order chi connectivity index (χ1) is 6.59. The largest absolute Gasteiger partial charge is 0.478 e. The normalized spacial score (nSPS) is 24.6. The molecule has 0 spiro atoms. The second-order valence-electron chi connectivity index (χ2n) is 3.25. The third kappa shape index (κ3) is 3.05. The Morgan fingerprint density at radius 1 is 1.29 bits per heavy atom. The van der Waals surface area contributed by atoms with Crippen molar-refractivity contribution in [3.05, 3.63) is 23.8 Å². The van der Waals surface area contributed by atoms with E-state index in [-0.39, 0.29) is 5.92 Å². The van der Waals surface area contributed by atoms with Gasteiger partial charge in [-0.15, -0.1) is 0 Å². The summed E-state index contributed by atoms with van der Waals surface area (Å²) >= 11 is 0. The van der Waals surface area contributed by atoms with E-state index in [1.54, 1.807) is 6.08 Å². The molecule has 0 aliphatic heterocycles. The molecule has 0 aromatic rings. The highest BCUT2D eigenvalue weighted by Crippen LogP contribution is 2.31. The molecule has 4 heteroatoms. The van der Waals surface area contributed by atoms with Gasteiger partial charge in [-0.1, -0.05) is 11.6 Å².